The maximum absolute atomic E-state index is 12.9. The zero-order valence-electron chi connectivity index (χ0n) is 17.5. The quantitative estimate of drug-likeness (QED) is 0.574. The molecular weight excluding hydrogens is 415 g/mol. The highest BCUT2D eigenvalue weighted by atomic mass is 32.2. The van der Waals surface area contributed by atoms with Crippen molar-refractivity contribution in [3.8, 4) is 0 Å². The summed E-state index contributed by atoms with van der Waals surface area (Å²) in [5.41, 5.74) is 3.78. The maximum Gasteiger partial charge on any atom is 0.251 e. The smallest absolute Gasteiger partial charge is 0.251 e. The first-order valence-corrected chi connectivity index (χ1v) is 11.7. The summed E-state index contributed by atoms with van der Waals surface area (Å²) in [6.07, 6.45) is 1.78. The average Bonchev–Trinajstić information content (AvgIpc) is 2.73. The van der Waals surface area contributed by atoms with Crippen LogP contribution in [0.3, 0.4) is 0 Å². The van der Waals surface area contributed by atoms with E-state index in [0.717, 1.165) is 16.7 Å². The number of anilines is 1. The minimum atomic E-state index is -3.47. The first-order valence-electron chi connectivity index (χ1n) is 9.88. The van der Waals surface area contributed by atoms with Gasteiger partial charge in [-0.15, -0.1) is 0 Å². The highest BCUT2D eigenvalue weighted by Crippen LogP contribution is 2.22. The zero-order chi connectivity index (χ0) is 22.4. The van der Waals surface area contributed by atoms with Crippen LogP contribution in [0.2, 0.25) is 0 Å². The maximum atomic E-state index is 12.9. The van der Waals surface area contributed by atoms with Gasteiger partial charge < -0.3 is 5.32 Å². The van der Waals surface area contributed by atoms with Crippen LogP contribution in [0.4, 0.5) is 10.1 Å². The summed E-state index contributed by atoms with van der Waals surface area (Å²) < 4.78 is 38.9. The molecule has 7 heteroatoms. The molecule has 1 amide bonds. The Kier molecular flexibility index (Phi) is 7.07. The number of nitrogens with zero attached hydrogens (tertiary/aromatic N) is 1. The van der Waals surface area contributed by atoms with E-state index in [1.165, 1.54) is 22.7 Å². The van der Waals surface area contributed by atoms with Crippen LogP contribution >= 0.6 is 0 Å². The fourth-order valence-electron chi connectivity index (χ4n) is 3.18. The zero-order valence-corrected chi connectivity index (χ0v) is 18.3. The molecule has 0 aliphatic rings. The molecule has 1 N–H and O–H groups in total. The lowest BCUT2D eigenvalue weighted by molar-refractivity contribution is 0.0954. The van der Waals surface area contributed by atoms with Gasteiger partial charge in [-0.1, -0.05) is 36.4 Å². The fourth-order valence-corrected chi connectivity index (χ4v) is 4.06. The molecule has 3 aromatic carbocycles. The minimum Gasteiger partial charge on any atom is -0.352 e. The Hall–Kier alpha value is -3.19. The lowest BCUT2D eigenvalue weighted by atomic mass is 10.1. The molecule has 3 rings (SSSR count). The van der Waals surface area contributed by atoms with Gasteiger partial charge in [-0.3, -0.25) is 9.10 Å². The van der Waals surface area contributed by atoms with Gasteiger partial charge in [0.05, 0.1) is 18.5 Å². The summed E-state index contributed by atoms with van der Waals surface area (Å²) in [5.74, 6) is -0.503. The molecule has 0 aromatic heterocycles. The molecule has 0 unspecified atom stereocenters. The molecule has 162 valence electrons. The largest absolute Gasteiger partial charge is 0.352 e. The number of hydrogen-bond donors (Lipinski definition) is 1. The van der Waals surface area contributed by atoms with Crippen LogP contribution in [0.15, 0.2) is 72.8 Å². The van der Waals surface area contributed by atoms with E-state index in [0.29, 0.717) is 24.2 Å². The van der Waals surface area contributed by atoms with Crippen molar-refractivity contribution in [3.63, 3.8) is 0 Å². The van der Waals surface area contributed by atoms with Crippen LogP contribution in [0, 0.1) is 12.7 Å². The van der Waals surface area contributed by atoms with E-state index in [9.17, 15) is 17.6 Å². The molecule has 0 fully saturated rings. The number of sulfonamides is 1. The molecule has 0 heterocycles. The van der Waals surface area contributed by atoms with Crippen molar-refractivity contribution in [3.05, 3.63) is 101 Å². The van der Waals surface area contributed by atoms with Crippen LogP contribution in [-0.4, -0.2) is 27.1 Å². The van der Waals surface area contributed by atoms with E-state index in [2.05, 4.69) is 5.32 Å². The minimum absolute atomic E-state index is 0.175. The van der Waals surface area contributed by atoms with Crippen molar-refractivity contribution >= 4 is 21.6 Å². The second-order valence-corrected chi connectivity index (χ2v) is 9.34. The van der Waals surface area contributed by atoms with Gasteiger partial charge in [0.1, 0.15) is 5.82 Å². The third kappa shape index (κ3) is 6.39. The molecule has 0 saturated carbocycles. The molecule has 0 radical (unpaired) electrons. The highest BCUT2D eigenvalue weighted by molar-refractivity contribution is 7.92. The van der Waals surface area contributed by atoms with E-state index in [4.69, 9.17) is 0 Å². The number of halogens is 1. The number of benzene rings is 3. The number of amides is 1. The van der Waals surface area contributed by atoms with Crippen LogP contribution in [-0.2, 0) is 23.0 Å². The summed E-state index contributed by atoms with van der Waals surface area (Å²) in [6, 6.07) is 20.4. The molecule has 0 saturated heterocycles. The van der Waals surface area contributed by atoms with Crippen molar-refractivity contribution in [2.75, 3.05) is 17.1 Å². The standard InChI is InChI=1S/C24H25FN2O3S/c1-18-4-3-5-23(16-18)27(31(2,29)30)17-20-6-10-21(11-7-20)24(28)26-15-14-19-8-12-22(25)13-9-19/h3-13,16H,14-15,17H2,1-2H3,(H,26,28). The molecule has 0 aliphatic heterocycles. The topological polar surface area (TPSA) is 66.5 Å². The third-order valence-electron chi connectivity index (χ3n) is 4.84. The predicted molar refractivity (Wildman–Crippen MR) is 121 cm³/mol. The summed E-state index contributed by atoms with van der Waals surface area (Å²) >= 11 is 0. The molecule has 31 heavy (non-hydrogen) atoms. The Morgan fingerprint density at radius 2 is 1.61 bits per heavy atom. The molecular formula is C24H25FN2O3S. The van der Waals surface area contributed by atoms with Gasteiger partial charge in [0.25, 0.3) is 5.91 Å². The van der Waals surface area contributed by atoms with Crippen molar-refractivity contribution in [1.29, 1.82) is 0 Å². The Balaban J connectivity index is 1.63. The van der Waals surface area contributed by atoms with Crippen LogP contribution in [0.25, 0.3) is 0 Å². The van der Waals surface area contributed by atoms with Crippen LogP contribution < -0.4 is 9.62 Å². The van der Waals surface area contributed by atoms with Crippen molar-refractivity contribution < 1.29 is 17.6 Å². The van der Waals surface area contributed by atoms with Crippen LogP contribution in [0.5, 0.6) is 0 Å². The number of aryl methyl sites for hydroxylation is 1. The van der Waals surface area contributed by atoms with Gasteiger partial charge in [0.15, 0.2) is 0 Å². The Morgan fingerprint density at radius 3 is 2.23 bits per heavy atom. The van der Waals surface area contributed by atoms with Gasteiger partial charge in [0, 0.05) is 12.1 Å². The molecule has 5 nitrogen and oxygen atoms in total. The first kappa shape index (κ1) is 22.5. The van der Waals surface area contributed by atoms with E-state index in [1.54, 1.807) is 42.5 Å². The lowest BCUT2D eigenvalue weighted by Gasteiger charge is -2.23. The number of hydrogen-bond acceptors (Lipinski definition) is 3. The third-order valence-corrected chi connectivity index (χ3v) is 5.99. The van der Waals surface area contributed by atoms with Gasteiger partial charge in [-0.05, 0) is 66.4 Å². The molecule has 0 atom stereocenters. The second-order valence-electron chi connectivity index (χ2n) is 7.44. The summed E-state index contributed by atoms with van der Waals surface area (Å²) in [7, 11) is -3.47. The molecule has 0 bridgehead atoms. The summed E-state index contributed by atoms with van der Waals surface area (Å²) in [5, 5.41) is 2.84. The number of carbonyl (C=O) groups is 1. The van der Waals surface area contributed by atoms with Gasteiger partial charge in [-0.2, -0.15) is 0 Å². The van der Waals surface area contributed by atoms with E-state index in [1.807, 2.05) is 25.1 Å². The monoisotopic (exact) mass is 440 g/mol. The SMILES string of the molecule is Cc1cccc(N(Cc2ccc(C(=O)NCCc3ccc(F)cc3)cc2)S(C)(=O)=O)c1. The lowest BCUT2D eigenvalue weighted by Crippen LogP contribution is -2.29. The fraction of sp³-hybridized carbons (Fsp3) is 0.208. The Labute approximate surface area is 182 Å². The number of rotatable bonds is 8. The average molecular weight is 441 g/mol. The Bertz CT molecular complexity index is 1140. The summed E-state index contributed by atoms with van der Waals surface area (Å²) in [6.45, 7) is 2.52. The second kappa shape index (κ2) is 9.75. The predicted octanol–water partition coefficient (Wildman–Crippen LogP) is 4.07. The van der Waals surface area contributed by atoms with Gasteiger partial charge >= 0.3 is 0 Å². The molecule has 3 aromatic rings. The van der Waals surface area contributed by atoms with Crippen molar-refractivity contribution in [2.45, 2.75) is 19.9 Å². The number of nitrogens with one attached hydrogen (secondary N) is 1. The summed E-state index contributed by atoms with van der Waals surface area (Å²) in [4.78, 5) is 12.4. The normalized spacial score (nSPS) is 11.2. The van der Waals surface area contributed by atoms with Gasteiger partial charge in [0.2, 0.25) is 10.0 Å². The van der Waals surface area contributed by atoms with Crippen molar-refractivity contribution in [1.82, 2.24) is 5.32 Å². The van der Waals surface area contributed by atoms with E-state index >= 15 is 0 Å². The highest BCUT2D eigenvalue weighted by Gasteiger charge is 2.18. The molecule has 0 spiro atoms. The Morgan fingerprint density at radius 1 is 0.968 bits per heavy atom. The van der Waals surface area contributed by atoms with E-state index < -0.39 is 10.0 Å². The van der Waals surface area contributed by atoms with Gasteiger partial charge in [-0.25, -0.2) is 12.8 Å². The molecule has 0 aliphatic carbocycles. The van der Waals surface area contributed by atoms with Crippen molar-refractivity contribution in [2.24, 2.45) is 0 Å². The first-order chi connectivity index (χ1) is 14.7. The van der Waals surface area contributed by atoms with Crippen LogP contribution in [0.1, 0.15) is 27.0 Å². The number of carbonyl (C=O) groups excluding carboxylic acids is 1. The van der Waals surface area contributed by atoms with E-state index in [-0.39, 0.29) is 18.3 Å².